The third-order valence-corrected chi connectivity index (χ3v) is 3.49. The van der Waals surface area contributed by atoms with E-state index in [0.29, 0.717) is 12.2 Å². The van der Waals surface area contributed by atoms with Crippen molar-refractivity contribution < 1.29 is 9.90 Å². The van der Waals surface area contributed by atoms with Gasteiger partial charge in [0, 0.05) is 10.6 Å². The molecule has 2 aromatic rings. The van der Waals surface area contributed by atoms with Crippen LogP contribution in [0, 0.1) is 6.92 Å². The molecule has 0 bridgehead atoms. The van der Waals surface area contributed by atoms with Crippen molar-refractivity contribution in [3.63, 3.8) is 0 Å². The molecule has 2 rings (SSSR count). The normalized spacial score (nSPS) is 10.5. The van der Waals surface area contributed by atoms with Gasteiger partial charge in [0.1, 0.15) is 0 Å². The third-order valence-electron chi connectivity index (χ3n) is 2.50. The molecule has 0 amide bonds. The Labute approximate surface area is 109 Å². The third kappa shape index (κ3) is 2.89. The van der Waals surface area contributed by atoms with Crippen LogP contribution in [0.3, 0.4) is 0 Å². The Kier molecular flexibility index (Phi) is 3.99. The first-order chi connectivity index (χ1) is 8.68. The highest BCUT2D eigenvalue weighted by Gasteiger charge is 2.14. The van der Waals surface area contributed by atoms with E-state index in [1.54, 1.807) is 23.4 Å². The summed E-state index contributed by atoms with van der Waals surface area (Å²) >= 11 is 1.71. The van der Waals surface area contributed by atoms with Gasteiger partial charge in [-0.25, -0.2) is 9.48 Å². The van der Waals surface area contributed by atoms with E-state index < -0.39 is 5.97 Å². The van der Waals surface area contributed by atoms with E-state index in [1.165, 1.54) is 4.90 Å². The van der Waals surface area contributed by atoms with Crippen molar-refractivity contribution in [2.24, 2.45) is 0 Å². The van der Waals surface area contributed by atoms with Crippen LogP contribution < -0.4 is 0 Å². The fraction of sp³-hybridized carbons (Fsp3) is 0.250. The Morgan fingerprint density at radius 2 is 2.11 bits per heavy atom. The maximum absolute atomic E-state index is 10.8. The van der Waals surface area contributed by atoms with Gasteiger partial charge < -0.3 is 5.11 Å². The summed E-state index contributed by atoms with van der Waals surface area (Å²) in [7, 11) is 0. The zero-order chi connectivity index (χ0) is 13.0. The zero-order valence-corrected chi connectivity index (χ0v) is 10.7. The van der Waals surface area contributed by atoms with Gasteiger partial charge in [-0.05, 0) is 19.1 Å². The highest BCUT2D eigenvalue weighted by molar-refractivity contribution is 7.99. The highest BCUT2D eigenvalue weighted by atomic mass is 32.2. The van der Waals surface area contributed by atoms with Crippen molar-refractivity contribution in [3.05, 3.63) is 41.7 Å². The van der Waals surface area contributed by atoms with Crippen LogP contribution in [0.25, 0.3) is 0 Å². The average Bonchev–Trinajstić information content (AvgIpc) is 2.73. The molecule has 0 aliphatic heterocycles. The van der Waals surface area contributed by atoms with Crippen molar-refractivity contribution in [2.75, 3.05) is 5.75 Å². The fourth-order valence-electron chi connectivity index (χ4n) is 1.54. The first kappa shape index (κ1) is 12.6. The molecule has 0 saturated carbocycles. The molecule has 0 spiro atoms. The lowest BCUT2D eigenvalue weighted by molar-refractivity contribution is 0.0689. The molecule has 0 fully saturated rings. The van der Waals surface area contributed by atoms with E-state index in [1.807, 2.05) is 30.3 Å². The topological polar surface area (TPSA) is 68.0 Å². The van der Waals surface area contributed by atoms with Gasteiger partial charge in [-0.2, -0.15) is 0 Å². The van der Waals surface area contributed by atoms with Gasteiger partial charge in [0.2, 0.25) is 0 Å². The molecule has 94 valence electrons. The van der Waals surface area contributed by atoms with Crippen LogP contribution in [0.15, 0.2) is 35.2 Å². The molecule has 1 N–H and O–H groups in total. The monoisotopic (exact) mass is 263 g/mol. The van der Waals surface area contributed by atoms with Gasteiger partial charge in [-0.15, -0.1) is 16.9 Å². The van der Waals surface area contributed by atoms with Gasteiger partial charge in [0.05, 0.1) is 12.2 Å². The van der Waals surface area contributed by atoms with Crippen LogP contribution in [0.4, 0.5) is 0 Å². The second-order valence-electron chi connectivity index (χ2n) is 3.71. The molecule has 18 heavy (non-hydrogen) atoms. The molecule has 0 aliphatic carbocycles. The average molecular weight is 263 g/mol. The Morgan fingerprint density at radius 3 is 2.72 bits per heavy atom. The van der Waals surface area contributed by atoms with Crippen LogP contribution >= 0.6 is 11.8 Å². The number of hydrogen-bond donors (Lipinski definition) is 1. The van der Waals surface area contributed by atoms with Crippen LogP contribution in [-0.2, 0) is 6.54 Å². The summed E-state index contributed by atoms with van der Waals surface area (Å²) in [4.78, 5) is 12.0. The van der Waals surface area contributed by atoms with Crippen molar-refractivity contribution in [2.45, 2.75) is 18.4 Å². The number of aromatic nitrogens is 3. The van der Waals surface area contributed by atoms with E-state index in [9.17, 15) is 4.79 Å². The minimum absolute atomic E-state index is 0.0275. The summed E-state index contributed by atoms with van der Waals surface area (Å²) in [6.07, 6.45) is 0. The van der Waals surface area contributed by atoms with E-state index >= 15 is 0 Å². The van der Waals surface area contributed by atoms with E-state index in [4.69, 9.17) is 5.11 Å². The zero-order valence-electron chi connectivity index (χ0n) is 9.91. The van der Waals surface area contributed by atoms with Gasteiger partial charge in [0.25, 0.3) is 0 Å². The second kappa shape index (κ2) is 5.68. The maximum atomic E-state index is 10.8. The second-order valence-corrected chi connectivity index (χ2v) is 4.88. The Hall–Kier alpha value is -1.82. The lowest BCUT2D eigenvalue weighted by atomic mass is 10.3. The maximum Gasteiger partial charge on any atom is 0.358 e. The quantitative estimate of drug-likeness (QED) is 0.836. The van der Waals surface area contributed by atoms with Crippen molar-refractivity contribution in [3.8, 4) is 0 Å². The van der Waals surface area contributed by atoms with Crippen molar-refractivity contribution in [1.82, 2.24) is 15.0 Å². The van der Waals surface area contributed by atoms with Crippen LogP contribution in [0.1, 0.15) is 16.2 Å². The molecule has 6 heteroatoms. The van der Waals surface area contributed by atoms with Gasteiger partial charge in [-0.1, -0.05) is 23.4 Å². The number of hydrogen-bond acceptors (Lipinski definition) is 4. The lowest BCUT2D eigenvalue weighted by Gasteiger charge is -2.03. The van der Waals surface area contributed by atoms with E-state index in [-0.39, 0.29) is 5.69 Å². The number of carbonyl (C=O) groups is 1. The Bertz CT molecular complexity index is 540. The highest BCUT2D eigenvalue weighted by Crippen LogP contribution is 2.17. The minimum Gasteiger partial charge on any atom is -0.476 e. The summed E-state index contributed by atoms with van der Waals surface area (Å²) in [6, 6.07) is 10.0. The number of aryl methyl sites for hydroxylation is 1. The molecule has 0 unspecified atom stereocenters. The Morgan fingerprint density at radius 1 is 1.39 bits per heavy atom. The molecule has 0 aliphatic rings. The number of rotatable bonds is 5. The van der Waals surface area contributed by atoms with E-state index in [0.717, 1.165) is 5.75 Å². The number of aromatic carboxylic acids is 1. The first-order valence-electron chi connectivity index (χ1n) is 5.49. The Balaban J connectivity index is 1.93. The largest absolute Gasteiger partial charge is 0.476 e. The van der Waals surface area contributed by atoms with Crippen LogP contribution in [0.2, 0.25) is 0 Å². The summed E-state index contributed by atoms with van der Waals surface area (Å²) in [5.74, 6) is -0.206. The molecule has 0 radical (unpaired) electrons. The smallest absolute Gasteiger partial charge is 0.358 e. The van der Waals surface area contributed by atoms with Crippen LogP contribution in [0.5, 0.6) is 0 Å². The summed E-state index contributed by atoms with van der Waals surface area (Å²) in [5, 5.41) is 16.3. The predicted octanol–water partition coefficient (Wildman–Crippen LogP) is 2.08. The SMILES string of the molecule is Cc1c(C(=O)O)nnn1CCSc1ccccc1. The van der Waals surface area contributed by atoms with Gasteiger partial charge >= 0.3 is 5.97 Å². The van der Waals surface area contributed by atoms with Crippen molar-refractivity contribution in [1.29, 1.82) is 0 Å². The fourth-order valence-corrected chi connectivity index (χ4v) is 2.39. The molecule has 0 atom stereocenters. The van der Waals surface area contributed by atoms with Gasteiger partial charge in [0.15, 0.2) is 5.69 Å². The van der Waals surface area contributed by atoms with Crippen molar-refractivity contribution >= 4 is 17.7 Å². The molecule has 5 nitrogen and oxygen atoms in total. The lowest BCUT2D eigenvalue weighted by Crippen LogP contribution is -2.06. The predicted molar refractivity (Wildman–Crippen MR) is 68.9 cm³/mol. The number of benzene rings is 1. The number of carboxylic acid groups (broad SMARTS) is 1. The molecule has 0 saturated heterocycles. The number of nitrogens with zero attached hydrogens (tertiary/aromatic N) is 3. The summed E-state index contributed by atoms with van der Waals surface area (Å²) in [6.45, 7) is 2.36. The molecular weight excluding hydrogens is 250 g/mol. The summed E-state index contributed by atoms with van der Waals surface area (Å²) < 4.78 is 1.62. The van der Waals surface area contributed by atoms with Gasteiger partial charge in [-0.3, -0.25) is 0 Å². The molecular formula is C12H13N3O2S. The standard InChI is InChI=1S/C12H13N3O2S/c1-9-11(12(16)17)13-14-15(9)7-8-18-10-5-3-2-4-6-10/h2-6H,7-8H2,1H3,(H,16,17). The minimum atomic E-state index is -1.03. The molecule has 1 aromatic heterocycles. The first-order valence-corrected chi connectivity index (χ1v) is 6.48. The molecule has 1 aromatic carbocycles. The van der Waals surface area contributed by atoms with E-state index in [2.05, 4.69) is 10.3 Å². The van der Waals surface area contributed by atoms with Crippen LogP contribution in [-0.4, -0.2) is 31.8 Å². The molecule has 1 heterocycles. The number of thioether (sulfide) groups is 1. The summed E-state index contributed by atoms with van der Waals surface area (Å²) in [5.41, 5.74) is 0.621. The number of carboxylic acids is 1.